The van der Waals surface area contributed by atoms with Gasteiger partial charge in [-0.15, -0.1) is 10.2 Å². The number of carbonyl (C=O) groups is 1. The third-order valence-corrected chi connectivity index (χ3v) is 6.72. The number of hydrogen-bond acceptors (Lipinski definition) is 5. The fraction of sp³-hybridized carbons (Fsp3) is 0.222. The summed E-state index contributed by atoms with van der Waals surface area (Å²) in [6.45, 7) is 8.26. The standard InChI is InChI=1S/C27H27ClN4O2S/c1-17-8-12-22(13-9-17)32-24(15-34-26-19(3)6-5-7-20(26)4)30-31-27(32)35-16-25(33)29-23-14-21(28)11-10-18(23)2/h5-14H,15-16H2,1-4H3,(H,29,33). The van der Waals surface area contributed by atoms with Crippen molar-refractivity contribution in [3.63, 3.8) is 0 Å². The fourth-order valence-electron chi connectivity index (χ4n) is 3.65. The maximum Gasteiger partial charge on any atom is 0.234 e. The zero-order chi connectivity index (χ0) is 24.9. The van der Waals surface area contributed by atoms with Gasteiger partial charge in [0, 0.05) is 16.4 Å². The molecule has 180 valence electrons. The van der Waals surface area contributed by atoms with E-state index < -0.39 is 0 Å². The highest BCUT2D eigenvalue weighted by Crippen LogP contribution is 2.27. The summed E-state index contributed by atoms with van der Waals surface area (Å²) in [5.74, 6) is 1.53. The number of amides is 1. The number of ether oxygens (including phenoxy) is 1. The van der Waals surface area contributed by atoms with E-state index in [9.17, 15) is 4.79 Å². The van der Waals surface area contributed by atoms with Crippen LogP contribution in [0.3, 0.4) is 0 Å². The van der Waals surface area contributed by atoms with Crippen molar-refractivity contribution in [2.45, 2.75) is 39.5 Å². The highest BCUT2D eigenvalue weighted by Gasteiger charge is 2.17. The number of hydrogen-bond donors (Lipinski definition) is 1. The van der Waals surface area contributed by atoms with Gasteiger partial charge in [0.05, 0.1) is 5.75 Å². The second-order valence-electron chi connectivity index (χ2n) is 8.38. The van der Waals surface area contributed by atoms with Gasteiger partial charge in [0.2, 0.25) is 5.91 Å². The summed E-state index contributed by atoms with van der Waals surface area (Å²) in [5, 5.41) is 12.9. The largest absolute Gasteiger partial charge is 0.485 e. The van der Waals surface area contributed by atoms with E-state index in [1.54, 1.807) is 12.1 Å². The van der Waals surface area contributed by atoms with Crippen LogP contribution in [0.1, 0.15) is 28.1 Å². The van der Waals surface area contributed by atoms with Gasteiger partial charge in [-0.25, -0.2) is 0 Å². The third kappa shape index (κ3) is 6.05. The third-order valence-electron chi connectivity index (χ3n) is 5.55. The van der Waals surface area contributed by atoms with E-state index in [0.29, 0.717) is 21.7 Å². The summed E-state index contributed by atoms with van der Waals surface area (Å²) in [4.78, 5) is 12.7. The number of rotatable bonds is 8. The quantitative estimate of drug-likeness (QED) is 0.277. The number of para-hydroxylation sites is 1. The van der Waals surface area contributed by atoms with Gasteiger partial charge >= 0.3 is 0 Å². The molecule has 0 aliphatic rings. The van der Waals surface area contributed by atoms with Gasteiger partial charge in [0.15, 0.2) is 11.0 Å². The number of thioether (sulfide) groups is 1. The lowest BCUT2D eigenvalue weighted by molar-refractivity contribution is -0.113. The molecular formula is C27H27ClN4O2S. The zero-order valence-corrected chi connectivity index (χ0v) is 21.7. The lowest BCUT2D eigenvalue weighted by Crippen LogP contribution is -2.15. The van der Waals surface area contributed by atoms with Crippen molar-refractivity contribution in [3.05, 3.63) is 93.8 Å². The minimum atomic E-state index is -0.146. The van der Waals surface area contributed by atoms with Crippen LogP contribution in [-0.4, -0.2) is 26.4 Å². The van der Waals surface area contributed by atoms with Gasteiger partial charge in [-0.3, -0.25) is 9.36 Å². The van der Waals surface area contributed by atoms with Crippen LogP contribution < -0.4 is 10.1 Å². The monoisotopic (exact) mass is 506 g/mol. The molecule has 0 aliphatic carbocycles. The lowest BCUT2D eigenvalue weighted by Gasteiger charge is -2.14. The molecule has 1 N–H and O–H groups in total. The second kappa shape index (κ2) is 11.0. The molecule has 3 aromatic carbocycles. The van der Waals surface area contributed by atoms with Crippen LogP contribution in [0.2, 0.25) is 5.02 Å². The van der Waals surface area contributed by atoms with Gasteiger partial charge in [0.25, 0.3) is 0 Å². The minimum Gasteiger partial charge on any atom is -0.485 e. The maximum atomic E-state index is 12.7. The number of anilines is 1. The Labute approximate surface area is 214 Å². The predicted octanol–water partition coefficient (Wildman–Crippen LogP) is 6.46. The Morgan fingerprint density at radius 2 is 1.69 bits per heavy atom. The Bertz CT molecular complexity index is 1330. The Morgan fingerprint density at radius 1 is 0.971 bits per heavy atom. The molecule has 0 bridgehead atoms. The highest BCUT2D eigenvalue weighted by molar-refractivity contribution is 7.99. The summed E-state index contributed by atoms with van der Waals surface area (Å²) < 4.78 is 8.10. The lowest BCUT2D eigenvalue weighted by atomic mass is 10.1. The zero-order valence-electron chi connectivity index (χ0n) is 20.1. The van der Waals surface area contributed by atoms with Crippen LogP contribution in [0, 0.1) is 27.7 Å². The van der Waals surface area contributed by atoms with Gasteiger partial charge in [0.1, 0.15) is 12.4 Å². The molecule has 0 spiro atoms. The number of halogens is 1. The first-order valence-corrected chi connectivity index (χ1v) is 12.6. The fourth-order valence-corrected chi connectivity index (χ4v) is 4.59. The molecule has 35 heavy (non-hydrogen) atoms. The van der Waals surface area contributed by atoms with E-state index in [0.717, 1.165) is 33.7 Å². The first-order valence-electron chi connectivity index (χ1n) is 11.2. The van der Waals surface area contributed by atoms with Gasteiger partial charge < -0.3 is 10.1 Å². The second-order valence-corrected chi connectivity index (χ2v) is 9.75. The number of nitrogens with zero attached hydrogens (tertiary/aromatic N) is 3. The van der Waals surface area contributed by atoms with E-state index in [2.05, 4.69) is 15.5 Å². The summed E-state index contributed by atoms with van der Waals surface area (Å²) in [6, 6.07) is 19.6. The van der Waals surface area contributed by atoms with Crippen LogP contribution in [0.15, 0.2) is 65.8 Å². The van der Waals surface area contributed by atoms with Crippen molar-refractivity contribution in [1.82, 2.24) is 14.8 Å². The Kier molecular flexibility index (Phi) is 7.78. The molecule has 0 atom stereocenters. The van der Waals surface area contributed by atoms with Crippen LogP contribution in [-0.2, 0) is 11.4 Å². The van der Waals surface area contributed by atoms with Crippen molar-refractivity contribution < 1.29 is 9.53 Å². The number of carbonyl (C=O) groups excluding carboxylic acids is 1. The topological polar surface area (TPSA) is 69.0 Å². The van der Waals surface area contributed by atoms with Crippen LogP contribution in [0.5, 0.6) is 5.75 Å². The molecule has 1 amide bonds. The Balaban J connectivity index is 1.55. The van der Waals surface area contributed by atoms with E-state index in [-0.39, 0.29) is 18.3 Å². The molecule has 4 aromatic rings. The van der Waals surface area contributed by atoms with Crippen LogP contribution >= 0.6 is 23.4 Å². The van der Waals surface area contributed by atoms with Crippen LogP contribution in [0.25, 0.3) is 5.69 Å². The molecule has 0 unspecified atom stereocenters. The Hall–Kier alpha value is -3.29. The van der Waals surface area contributed by atoms with Gasteiger partial charge in [-0.1, -0.05) is 65.3 Å². The highest BCUT2D eigenvalue weighted by atomic mass is 35.5. The molecule has 4 rings (SSSR count). The summed E-state index contributed by atoms with van der Waals surface area (Å²) in [7, 11) is 0. The van der Waals surface area contributed by atoms with Gasteiger partial charge in [-0.2, -0.15) is 0 Å². The summed E-state index contributed by atoms with van der Waals surface area (Å²) in [5.41, 5.74) is 5.84. The molecular weight excluding hydrogens is 480 g/mol. The minimum absolute atomic E-state index is 0.146. The van der Waals surface area contributed by atoms with Crippen molar-refractivity contribution in [3.8, 4) is 11.4 Å². The molecule has 0 saturated heterocycles. The summed E-state index contributed by atoms with van der Waals surface area (Å²) in [6.07, 6.45) is 0. The van der Waals surface area contributed by atoms with E-state index in [4.69, 9.17) is 16.3 Å². The van der Waals surface area contributed by atoms with E-state index in [1.165, 1.54) is 11.8 Å². The number of aromatic nitrogens is 3. The van der Waals surface area contributed by atoms with Crippen molar-refractivity contribution in [2.75, 3.05) is 11.1 Å². The summed E-state index contributed by atoms with van der Waals surface area (Å²) >= 11 is 7.40. The predicted molar refractivity (Wildman–Crippen MR) is 142 cm³/mol. The smallest absolute Gasteiger partial charge is 0.234 e. The molecule has 0 aliphatic heterocycles. The van der Waals surface area contributed by atoms with Crippen LogP contribution in [0.4, 0.5) is 5.69 Å². The first kappa shape index (κ1) is 24.8. The average molecular weight is 507 g/mol. The van der Waals surface area contributed by atoms with E-state index in [1.807, 2.05) is 80.8 Å². The van der Waals surface area contributed by atoms with Crippen molar-refractivity contribution >= 4 is 35.0 Å². The average Bonchev–Trinajstić information content (AvgIpc) is 3.23. The molecule has 1 aromatic heterocycles. The molecule has 1 heterocycles. The number of benzene rings is 3. The van der Waals surface area contributed by atoms with Crippen molar-refractivity contribution in [1.29, 1.82) is 0 Å². The van der Waals surface area contributed by atoms with Crippen molar-refractivity contribution in [2.24, 2.45) is 0 Å². The SMILES string of the molecule is Cc1ccc(-n2c(COc3c(C)cccc3C)nnc2SCC(=O)Nc2cc(Cl)ccc2C)cc1. The number of nitrogens with one attached hydrogen (secondary N) is 1. The molecule has 0 fully saturated rings. The molecule has 8 heteroatoms. The number of aryl methyl sites for hydroxylation is 4. The molecule has 6 nitrogen and oxygen atoms in total. The Morgan fingerprint density at radius 3 is 2.40 bits per heavy atom. The van der Waals surface area contributed by atoms with Gasteiger partial charge in [-0.05, 0) is 68.7 Å². The maximum absolute atomic E-state index is 12.7. The first-order chi connectivity index (χ1) is 16.8. The molecule has 0 saturated carbocycles. The van der Waals surface area contributed by atoms with E-state index >= 15 is 0 Å². The molecule has 0 radical (unpaired) electrons. The normalized spacial score (nSPS) is 10.9.